The van der Waals surface area contributed by atoms with Crippen LogP contribution in [0.3, 0.4) is 0 Å². The number of thiophene rings is 1. The molecule has 0 aliphatic carbocycles. The van der Waals surface area contributed by atoms with E-state index in [0.29, 0.717) is 18.3 Å². The molecule has 0 aliphatic rings. The van der Waals surface area contributed by atoms with Gasteiger partial charge in [0, 0.05) is 17.4 Å². The lowest BCUT2D eigenvalue weighted by atomic mass is 10.4. The summed E-state index contributed by atoms with van der Waals surface area (Å²) in [5.74, 6) is 1.08. The minimum absolute atomic E-state index is 0.489. The molecule has 0 amide bonds. The van der Waals surface area contributed by atoms with E-state index in [1.54, 1.807) is 17.4 Å². The number of ether oxygens (including phenoxy) is 1. The Morgan fingerprint density at radius 3 is 2.93 bits per heavy atom. The number of nitrogen functional groups attached to an aromatic ring is 1. The third-order valence-electron chi connectivity index (χ3n) is 1.92. The molecule has 0 fully saturated rings. The van der Waals surface area contributed by atoms with Crippen molar-refractivity contribution in [3.05, 3.63) is 40.6 Å². The van der Waals surface area contributed by atoms with Crippen LogP contribution in [0.5, 0.6) is 5.88 Å². The molecule has 78 valence electrons. The molecule has 2 aromatic heterocycles. The summed E-state index contributed by atoms with van der Waals surface area (Å²) < 4.78 is 5.48. The largest absolute Gasteiger partial charge is 0.477 e. The van der Waals surface area contributed by atoms with E-state index < -0.39 is 0 Å². The van der Waals surface area contributed by atoms with Crippen LogP contribution in [-0.4, -0.2) is 11.6 Å². The molecule has 0 aliphatic heterocycles. The lowest BCUT2D eigenvalue weighted by Gasteiger charge is -2.04. The second-order valence-corrected chi connectivity index (χ2v) is 4.11. The Morgan fingerprint density at radius 1 is 1.27 bits per heavy atom. The molecule has 2 heterocycles. The summed E-state index contributed by atoms with van der Waals surface area (Å²) in [4.78, 5) is 5.37. The van der Waals surface area contributed by atoms with Crippen molar-refractivity contribution in [1.82, 2.24) is 4.98 Å². The van der Waals surface area contributed by atoms with Gasteiger partial charge in [0.05, 0.1) is 6.61 Å². The second kappa shape index (κ2) is 4.79. The highest BCUT2D eigenvalue weighted by molar-refractivity contribution is 7.09. The van der Waals surface area contributed by atoms with Crippen LogP contribution in [0.1, 0.15) is 4.88 Å². The van der Waals surface area contributed by atoms with Crippen LogP contribution in [-0.2, 0) is 6.42 Å². The van der Waals surface area contributed by atoms with Crippen LogP contribution in [0, 0.1) is 0 Å². The number of rotatable bonds is 4. The fourth-order valence-electron chi connectivity index (χ4n) is 1.22. The molecule has 15 heavy (non-hydrogen) atoms. The van der Waals surface area contributed by atoms with E-state index in [9.17, 15) is 0 Å². The van der Waals surface area contributed by atoms with Gasteiger partial charge in [0.1, 0.15) is 5.82 Å². The van der Waals surface area contributed by atoms with Crippen molar-refractivity contribution in [1.29, 1.82) is 0 Å². The minimum atomic E-state index is 0.489. The van der Waals surface area contributed by atoms with Crippen LogP contribution >= 0.6 is 11.3 Å². The van der Waals surface area contributed by atoms with Crippen molar-refractivity contribution < 1.29 is 4.74 Å². The predicted molar refractivity (Wildman–Crippen MR) is 62.2 cm³/mol. The summed E-state index contributed by atoms with van der Waals surface area (Å²) in [6, 6.07) is 9.53. The Bertz CT molecular complexity index is 414. The zero-order chi connectivity index (χ0) is 10.5. The maximum absolute atomic E-state index is 5.54. The highest BCUT2D eigenvalue weighted by atomic mass is 32.1. The van der Waals surface area contributed by atoms with Gasteiger partial charge in [-0.2, -0.15) is 4.98 Å². The summed E-state index contributed by atoms with van der Waals surface area (Å²) >= 11 is 1.74. The van der Waals surface area contributed by atoms with Crippen molar-refractivity contribution in [2.45, 2.75) is 6.42 Å². The number of nitrogens with zero attached hydrogens (tertiary/aromatic N) is 1. The van der Waals surface area contributed by atoms with Crippen LogP contribution in [0.2, 0.25) is 0 Å². The zero-order valence-electron chi connectivity index (χ0n) is 8.22. The number of aromatic nitrogens is 1. The first-order valence-corrected chi connectivity index (χ1v) is 5.60. The van der Waals surface area contributed by atoms with Crippen molar-refractivity contribution in [2.75, 3.05) is 12.3 Å². The van der Waals surface area contributed by atoms with Gasteiger partial charge in [-0.1, -0.05) is 12.1 Å². The third kappa shape index (κ3) is 2.95. The Kier molecular flexibility index (Phi) is 3.19. The van der Waals surface area contributed by atoms with Gasteiger partial charge in [0.25, 0.3) is 0 Å². The van der Waals surface area contributed by atoms with E-state index >= 15 is 0 Å². The van der Waals surface area contributed by atoms with Crippen LogP contribution < -0.4 is 10.5 Å². The summed E-state index contributed by atoms with van der Waals surface area (Å²) in [7, 11) is 0. The minimum Gasteiger partial charge on any atom is -0.477 e. The molecule has 2 aromatic rings. The molecule has 2 rings (SSSR count). The lowest BCUT2D eigenvalue weighted by molar-refractivity contribution is 0.311. The van der Waals surface area contributed by atoms with Gasteiger partial charge in [0.2, 0.25) is 5.88 Å². The SMILES string of the molecule is Nc1cccc(OCCc2cccs2)n1. The maximum Gasteiger partial charge on any atom is 0.215 e. The summed E-state index contributed by atoms with van der Waals surface area (Å²) in [6.45, 7) is 0.636. The van der Waals surface area contributed by atoms with Gasteiger partial charge < -0.3 is 10.5 Å². The van der Waals surface area contributed by atoms with E-state index in [1.165, 1.54) is 4.88 Å². The molecule has 0 atom stereocenters. The average Bonchev–Trinajstić information content (AvgIpc) is 2.71. The average molecular weight is 220 g/mol. The van der Waals surface area contributed by atoms with Gasteiger partial charge in [-0.3, -0.25) is 0 Å². The number of hydrogen-bond donors (Lipinski definition) is 1. The Balaban J connectivity index is 1.83. The first-order chi connectivity index (χ1) is 7.34. The zero-order valence-corrected chi connectivity index (χ0v) is 9.04. The Hall–Kier alpha value is -1.55. The van der Waals surface area contributed by atoms with E-state index in [-0.39, 0.29) is 0 Å². The standard InChI is InChI=1S/C11H12N2OS/c12-10-4-1-5-11(13-10)14-7-6-9-3-2-8-15-9/h1-5,8H,6-7H2,(H2,12,13). The van der Waals surface area contributed by atoms with Gasteiger partial charge in [-0.05, 0) is 17.5 Å². The molecule has 4 heteroatoms. The number of nitrogens with two attached hydrogens (primary N) is 1. The van der Waals surface area contributed by atoms with Crippen LogP contribution in [0.25, 0.3) is 0 Å². The Morgan fingerprint density at radius 2 is 2.20 bits per heavy atom. The first kappa shape index (κ1) is 9.98. The van der Waals surface area contributed by atoms with Crippen molar-refractivity contribution in [2.24, 2.45) is 0 Å². The molecular weight excluding hydrogens is 208 g/mol. The van der Waals surface area contributed by atoms with E-state index in [2.05, 4.69) is 16.4 Å². The highest BCUT2D eigenvalue weighted by Crippen LogP contribution is 2.11. The van der Waals surface area contributed by atoms with Crippen molar-refractivity contribution >= 4 is 17.2 Å². The fraction of sp³-hybridized carbons (Fsp3) is 0.182. The quantitative estimate of drug-likeness (QED) is 0.860. The van der Waals surface area contributed by atoms with Gasteiger partial charge in [-0.15, -0.1) is 11.3 Å². The summed E-state index contributed by atoms with van der Waals surface area (Å²) in [6.07, 6.45) is 0.911. The monoisotopic (exact) mass is 220 g/mol. The van der Waals surface area contributed by atoms with Gasteiger partial charge >= 0.3 is 0 Å². The Labute approximate surface area is 92.5 Å². The summed E-state index contributed by atoms with van der Waals surface area (Å²) in [5.41, 5.74) is 5.54. The maximum atomic E-state index is 5.54. The van der Waals surface area contributed by atoms with E-state index in [1.807, 2.05) is 18.2 Å². The molecular formula is C11H12N2OS. The fourth-order valence-corrected chi connectivity index (χ4v) is 1.91. The molecule has 0 spiro atoms. The van der Waals surface area contributed by atoms with E-state index in [4.69, 9.17) is 10.5 Å². The molecule has 0 saturated carbocycles. The number of hydrogen-bond acceptors (Lipinski definition) is 4. The second-order valence-electron chi connectivity index (χ2n) is 3.08. The molecule has 3 nitrogen and oxygen atoms in total. The number of pyridine rings is 1. The first-order valence-electron chi connectivity index (χ1n) is 4.72. The lowest BCUT2D eigenvalue weighted by Crippen LogP contribution is -2.02. The van der Waals surface area contributed by atoms with Crippen molar-refractivity contribution in [3.8, 4) is 5.88 Å². The molecule has 0 unspecified atom stereocenters. The van der Waals surface area contributed by atoms with Crippen LogP contribution in [0.15, 0.2) is 35.7 Å². The summed E-state index contributed by atoms with van der Waals surface area (Å²) in [5, 5.41) is 2.06. The van der Waals surface area contributed by atoms with Crippen molar-refractivity contribution in [3.63, 3.8) is 0 Å². The highest BCUT2D eigenvalue weighted by Gasteiger charge is 1.97. The third-order valence-corrected chi connectivity index (χ3v) is 2.86. The smallest absolute Gasteiger partial charge is 0.215 e. The van der Waals surface area contributed by atoms with Gasteiger partial charge in [0.15, 0.2) is 0 Å². The topological polar surface area (TPSA) is 48.1 Å². The molecule has 0 saturated heterocycles. The van der Waals surface area contributed by atoms with Crippen LogP contribution in [0.4, 0.5) is 5.82 Å². The molecule has 0 radical (unpaired) electrons. The van der Waals surface area contributed by atoms with Gasteiger partial charge in [-0.25, -0.2) is 0 Å². The van der Waals surface area contributed by atoms with E-state index in [0.717, 1.165) is 6.42 Å². The molecule has 2 N–H and O–H groups in total. The predicted octanol–water partition coefficient (Wildman–Crippen LogP) is 2.35. The normalized spacial score (nSPS) is 10.1. The molecule has 0 aromatic carbocycles. The number of anilines is 1. The molecule has 0 bridgehead atoms.